The maximum Gasteiger partial charge on any atom is 0.0951 e. The molecule has 1 atom stereocenters. The summed E-state index contributed by atoms with van der Waals surface area (Å²) in [5, 5.41) is 2.22. The van der Waals surface area contributed by atoms with Gasteiger partial charge in [0.25, 0.3) is 0 Å². The summed E-state index contributed by atoms with van der Waals surface area (Å²) < 4.78 is 2.30. The van der Waals surface area contributed by atoms with Gasteiger partial charge in [-0.25, -0.2) is 4.98 Å². The second-order valence-corrected chi connectivity index (χ2v) is 6.68. The van der Waals surface area contributed by atoms with E-state index in [0.29, 0.717) is 6.04 Å². The van der Waals surface area contributed by atoms with Crippen molar-refractivity contribution >= 4 is 11.3 Å². The van der Waals surface area contributed by atoms with E-state index in [2.05, 4.69) is 34.1 Å². The zero-order valence-corrected chi connectivity index (χ0v) is 12.4. The molecule has 0 radical (unpaired) electrons. The largest absolute Gasteiger partial charge is 0.329 e. The van der Waals surface area contributed by atoms with Crippen molar-refractivity contribution in [2.24, 2.45) is 5.92 Å². The smallest absolute Gasteiger partial charge is 0.0951 e. The van der Waals surface area contributed by atoms with Crippen molar-refractivity contribution in [2.45, 2.75) is 51.5 Å². The van der Waals surface area contributed by atoms with Crippen LogP contribution in [-0.2, 0) is 0 Å². The van der Waals surface area contributed by atoms with Crippen LogP contribution in [0.15, 0.2) is 30.2 Å². The minimum Gasteiger partial charge on any atom is -0.329 e. The molecule has 0 saturated heterocycles. The first-order valence-electron chi connectivity index (χ1n) is 7.36. The van der Waals surface area contributed by atoms with E-state index in [0.717, 1.165) is 5.92 Å². The monoisotopic (exact) mass is 274 g/mol. The van der Waals surface area contributed by atoms with Crippen LogP contribution in [0.5, 0.6) is 0 Å². The fraction of sp³-hybridized carbons (Fsp3) is 0.562. The molecule has 2 aromatic heterocycles. The van der Waals surface area contributed by atoms with Crippen LogP contribution in [0.2, 0.25) is 0 Å². The molecule has 3 rings (SSSR count). The van der Waals surface area contributed by atoms with Crippen LogP contribution in [0, 0.1) is 12.8 Å². The number of aromatic nitrogens is 2. The third-order valence-corrected chi connectivity index (χ3v) is 5.49. The molecule has 19 heavy (non-hydrogen) atoms. The molecular formula is C16H22N2S. The fourth-order valence-corrected chi connectivity index (χ4v) is 4.33. The Bertz CT molecular complexity index is 495. The van der Waals surface area contributed by atoms with Gasteiger partial charge in [-0.3, -0.25) is 0 Å². The van der Waals surface area contributed by atoms with Gasteiger partial charge in [-0.15, -0.1) is 11.3 Å². The molecule has 0 aromatic carbocycles. The molecule has 1 aliphatic rings. The van der Waals surface area contributed by atoms with E-state index in [1.807, 2.05) is 23.9 Å². The van der Waals surface area contributed by atoms with Crippen molar-refractivity contribution in [1.82, 2.24) is 9.55 Å². The fourth-order valence-electron chi connectivity index (χ4n) is 3.28. The summed E-state index contributed by atoms with van der Waals surface area (Å²) in [7, 11) is 0. The van der Waals surface area contributed by atoms with Crippen LogP contribution in [0.4, 0.5) is 0 Å². The number of hydrogen-bond donors (Lipinski definition) is 0. The Morgan fingerprint density at radius 2 is 2.21 bits per heavy atom. The van der Waals surface area contributed by atoms with Crippen molar-refractivity contribution in [3.8, 4) is 0 Å². The number of imidazole rings is 1. The zero-order valence-electron chi connectivity index (χ0n) is 11.6. The Kier molecular flexibility index (Phi) is 4.02. The van der Waals surface area contributed by atoms with Gasteiger partial charge in [0.1, 0.15) is 0 Å². The Labute approximate surface area is 119 Å². The second kappa shape index (κ2) is 5.91. The minimum absolute atomic E-state index is 0.491. The number of hydrogen-bond acceptors (Lipinski definition) is 2. The van der Waals surface area contributed by atoms with Crippen molar-refractivity contribution < 1.29 is 0 Å². The summed E-state index contributed by atoms with van der Waals surface area (Å²) in [5.74, 6) is 0.891. The van der Waals surface area contributed by atoms with Crippen molar-refractivity contribution in [3.05, 3.63) is 40.6 Å². The topological polar surface area (TPSA) is 17.8 Å². The zero-order chi connectivity index (χ0) is 13.1. The highest BCUT2D eigenvalue weighted by Gasteiger charge is 2.23. The highest BCUT2D eigenvalue weighted by atomic mass is 32.1. The Morgan fingerprint density at radius 3 is 2.84 bits per heavy atom. The van der Waals surface area contributed by atoms with Gasteiger partial charge in [0.05, 0.1) is 12.4 Å². The average Bonchev–Trinajstić information content (AvgIpc) is 3.09. The second-order valence-electron chi connectivity index (χ2n) is 5.73. The number of aryl methyl sites for hydroxylation is 1. The van der Waals surface area contributed by atoms with Gasteiger partial charge < -0.3 is 4.57 Å². The number of thiophene rings is 1. The highest BCUT2D eigenvalue weighted by molar-refractivity contribution is 7.10. The predicted molar refractivity (Wildman–Crippen MR) is 80.6 cm³/mol. The van der Waals surface area contributed by atoms with E-state index in [4.69, 9.17) is 0 Å². The molecule has 102 valence electrons. The maximum absolute atomic E-state index is 4.24. The molecule has 0 amide bonds. The first-order valence-corrected chi connectivity index (χ1v) is 8.24. The van der Waals surface area contributed by atoms with Gasteiger partial charge in [-0.1, -0.05) is 32.1 Å². The molecule has 0 bridgehead atoms. The maximum atomic E-state index is 4.24. The van der Waals surface area contributed by atoms with Gasteiger partial charge in [0.2, 0.25) is 0 Å². The van der Waals surface area contributed by atoms with Crippen LogP contribution < -0.4 is 0 Å². The van der Waals surface area contributed by atoms with Crippen LogP contribution in [0.1, 0.15) is 55.0 Å². The van der Waals surface area contributed by atoms with Gasteiger partial charge in [0.15, 0.2) is 0 Å². The van der Waals surface area contributed by atoms with Crippen LogP contribution in [-0.4, -0.2) is 9.55 Å². The molecule has 3 heteroatoms. The van der Waals surface area contributed by atoms with E-state index in [1.54, 1.807) is 0 Å². The number of rotatable bonds is 4. The molecule has 0 aliphatic heterocycles. The molecule has 1 saturated carbocycles. The van der Waals surface area contributed by atoms with Gasteiger partial charge in [-0.05, 0) is 36.3 Å². The Balaban J connectivity index is 1.82. The Morgan fingerprint density at radius 1 is 1.37 bits per heavy atom. The normalized spacial score (nSPS) is 18.6. The molecule has 1 unspecified atom stereocenters. The highest BCUT2D eigenvalue weighted by Crippen LogP contribution is 2.36. The molecule has 2 heterocycles. The summed E-state index contributed by atoms with van der Waals surface area (Å²) in [4.78, 5) is 5.76. The summed E-state index contributed by atoms with van der Waals surface area (Å²) in [5.41, 5.74) is 1.43. The quantitative estimate of drug-likeness (QED) is 0.782. The third kappa shape index (κ3) is 2.92. The third-order valence-electron chi connectivity index (χ3n) is 4.37. The van der Waals surface area contributed by atoms with E-state index in [1.165, 1.54) is 49.0 Å². The lowest BCUT2D eigenvalue weighted by Gasteiger charge is -2.27. The van der Waals surface area contributed by atoms with Crippen molar-refractivity contribution in [2.75, 3.05) is 0 Å². The summed E-state index contributed by atoms with van der Waals surface area (Å²) in [6.07, 6.45) is 14.4. The lowest BCUT2D eigenvalue weighted by molar-refractivity contribution is 0.305. The first kappa shape index (κ1) is 12.9. The van der Waals surface area contributed by atoms with E-state index >= 15 is 0 Å². The molecule has 1 fully saturated rings. The summed E-state index contributed by atoms with van der Waals surface area (Å²) in [6.45, 7) is 2.23. The van der Waals surface area contributed by atoms with Gasteiger partial charge in [-0.2, -0.15) is 0 Å². The molecular weight excluding hydrogens is 252 g/mol. The van der Waals surface area contributed by atoms with Gasteiger partial charge >= 0.3 is 0 Å². The van der Waals surface area contributed by atoms with Crippen LogP contribution >= 0.6 is 11.3 Å². The van der Waals surface area contributed by atoms with Crippen LogP contribution in [0.25, 0.3) is 0 Å². The summed E-state index contributed by atoms with van der Waals surface area (Å²) in [6, 6.07) is 2.73. The average molecular weight is 274 g/mol. The standard InChI is InChI=1S/C16H22N2S/c1-13-7-10-19-16(13)15(18-9-8-17-12-18)11-14-5-3-2-4-6-14/h7-10,12,14-15H,2-6,11H2,1H3. The van der Waals surface area contributed by atoms with Crippen molar-refractivity contribution in [1.29, 1.82) is 0 Å². The van der Waals surface area contributed by atoms with Crippen LogP contribution in [0.3, 0.4) is 0 Å². The van der Waals surface area contributed by atoms with Gasteiger partial charge in [0, 0.05) is 17.3 Å². The lowest BCUT2D eigenvalue weighted by atomic mass is 9.84. The molecule has 0 spiro atoms. The number of nitrogens with zero attached hydrogens (tertiary/aromatic N) is 2. The SMILES string of the molecule is Cc1ccsc1C(CC1CCCCC1)n1ccnc1. The van der Waals surface area contributed by atoms with E-state index in [9.17, 15) is 0 Å². The van der Waals surface area contributed by atoms with E-state index in [-0.39, 0.29) is 0 Å². The lowest BCUT2D eigenvalue weighted by Crippen LogP contribution is -2.16. The summed E-state index contributed by atoms with van der Waals surface area (Å²) >= 11 is 1.90. The minimum atomic E-state index is 0.491. The first-order chi connectivity index (χ1) is 9.34. The molecule has 1 aliphatic carbocycles. The molecule has 2 nitrogen and oxygen atoms in total. The van der Waals surface area contributed by atoms with E-state index < -0.39 is 0 Å². The molecule has 0 N–H and O–H groups in total. The molecule has 2 aromatic rings. The van der Waals surface area contributed by atoms with Crippen molar-refractivity contribution in [3.63, 3.8) is 0 Å². The Hall–Kier alpha value is -1.09. The predicted octanol–water partition coefficient (Wildman–Crippen LogP) is 4.81.